The number of anilines is 1. The Balaban J connectivity index is 2.02. The van der Waals surface area contributed by atoms with Gasteiger partial charge < -0.3 is 20.5 Å². The smallest absolute Gasteiger partial charge is 0.255 e. The van der Waals surface area contributed by atoms with Crippen molar-refractivity contribution in [2.75, 3.05) is 31.7 Å². The lowest BCUT2D eigenvalue weighted by Gasteiger charge is -2.22. The molecule has 20 heavy (non-hydrogen) atoms. The fourth-order valence-electron chi connectivity index (χ4n) is 1.70. The molecule has 0 radical (unpaired) electrons. The molecule has 1 aliphatic rings. The lowest BCUT2D eigenvalue weighted by molar-refractivity contribution is -0.142. The van der Waals surface area contributed by atoms with Gasteiger partial charge in [-0.1, -0.05) is 11.8 Å². The van der Waals surface area contributed by atoms with E-state index in [1.165, 1.54) is 12.1 Å². The minimum absolute atomic E-state index is 0.164. The number of halogens is 1. The van der Waals surface area contributed by atoms with Crippen LogP contribution in [0.2, 0.25) is 0 Å². The first-order valence-electron chi connectivity index (χ1n) is 6.19. The number of carbonyl (C=O) groups is 1. The lowest BCUT2D eigenvalue weighted by atomic mass is 10.2. The lowest BCUT2D eigenvalue weighted by Crippen LogP contribution is -2.39. The van der Waals surface area contributed by atoms with E-state index in [0.717, 1.165) is 0 Å². The van der Waals surface area contributed by atoms with Crippen LogP contribution in [0.5, 0.6) is 0 Å². The van der Waals surface area contributed by atoms with Crippen molar-refractivity contribution >= 4 is 11.6 Å². The van der Waals surface area contributed by atoms with Crippen LogP contribution in [0, 0.1) is 17.7 Å². The summed E-state index contributed by atoms with van der Waals surface area (Å²) >= 11 is 0. The van der Waals surface area contributed by atoms with Gasteiger partial charge in [-0.3, -0.25) is 4.79 Å². The standard InChI is InChI=1S/C14H15FN2O3/c15-12-8-11(4-3-10(12)2-1-5-16)17-14(18)13-9-19-6-7-20-13/h3-4,8,13H,5-7,9,16H2,(H,17,18). The molecule has 1 heterocycles. The number of hydrogen-bond donors (Lipinski definition) is 2. The average Bonchev–Trinajstić information content (AvgIpc) is 2.47. The highest BCUT2D eigenvalue weighted by Crippen LogP contribution is 2.15. The van der Waals surface area contributed by atoms with Crippen molar-refractivity contribution in [1.29, 1.82) is 0 Å². The molecule has 1 amide bonds. The zero-order valence-corrected chi connectivity index (χ0v) is 10.8. The van der Waals surface area contributed by atoms with Crippen LogP contribution in [0.4, 0.5) is 10.1 Å². The van der Waals surface area contributed by atoms with E-state index in [1.54, 1.807) is 6.07 Å². The van der Waals surface area contributed by atoms with Gasteiger partial charge >= 0.3 is 0 Å². The van der Waals surface area contributed by atoms with Crippen LogP contribution in [0.3, 0.4) is 0 Å². The van der Waals surface area contributed by atoms with Gasteiger partial charge in [-0.05, 0) is 18.2 Å². The summed E-state index contributed by atoms with van der Waals surface area (Å²) in [6, 6.07) is 4.28. The SMILES string of the molecule is NCC#Cc1ccc(NC(=O)C2COCCO2)cc1F. The van der Waals surface area contributed by atoms with Crippen LogP contribution in [0.15, 0.2) is 18.2 Å². The number of amides is 1. The molecule has 106 valence electrons. The van der Waals surface area contributed by atoms with E-state index in [-0.39, 0.29) is 24.6 Å². The minimum atomic E-state index is -0.663. The van der Waals surface area contributed by atoms with Gasteiger partial charge in [0.15, 0.2) is 6.10 Å². The summed E-state index contributed by atoms with van der Waals surface area (Å²) in [6.45, 7) is 1.22. The van der Waals surface area contributed by atoms with Crippen LogP contribution in [-0.2, 0) is 14.3 Å². The van der Waals surface area contributed by atoms with Gasteiger partial charge in [-0.2, -0.15) is 0 Å². The van der Waals surface area contributed by atoms with Crippen LogP contribution in [-0.4, -0.2) is 38.4 Å². The van der Waals surface area contributed by atoms with Crippen molar-refractivity contribution in [2.24, 2.45) is 5.73 Å². The van der Waals surface area contributed by atoms with E-state index >= 15 is 0 Å². The van der Waals surface area contributed by atoms with Crippen molar-refractivity contribution in [3.63, 3.8) is 0 Å². The average molecular weight is 278 g/mol. The van der Waals surface area contributed by atoms with E-state index < -0.39 is 11.9 Å². The normalized spacial score (nSPS) is 18.0. The predicted octanol–water partition coefficient (Wildman–Crippen LogP) is 0.490. The molecule has 3 N–H and O–H groups in total. The third-order valence-corrected chi connectivity index (χ3v) is 2.67. The number of rotatable bonds is 2. The Kier molecular flexibility index (Phi) is 5.07. The molecule has 0 spiro atoms. The zero-order chi connectivity index (χ0) is 14.4. The Morgan fingerprint density at radius 1 is 1.50 bits per heavy atom. The summed E-state index contributed by atoms with van der Waals surface area (Å²) in [7, 11) is 0. The zero-order valence-electron chi connectivity index (χ0n) is 10.8. The first-order valence-corrected chi connectivity index (χ1v) is 6.19. The van der Waals surface area contributed by atoms with Crippen LogP contribution >= 0.6 is 0 Å². The van der Waals surface area contributed by atoms with Crippen LogP contribution < -0.4 is 11.1 Å². The summed E-state index contributed by atoms with van der Waals surface area (Å²) in [5.41, 5.74) is 5.81. The number of ether oxygens (including phenoxy) is 2. The molecule has 1 aromatic rings. The topological polar surface area (TPSA) is 73.6 Å². The summed E-state index contributed by atoms with van der Waals surface area (Å²) in [4.78, 5) is 11.9. The Morgan fingerprint density at radius 2 is 2.35 bits per heavy atom. The van der Waals surface area contributed by atoms with Crippen molar-refractivity contribution in [2.45, 2.75) is 6.10 Å². The summed E-state index contributed by atoms with van der Waals surface area (Å²) < 4.78 is 24.1. The molecule has 0 saturated carbocycles. The summed E-state index contributed by atoms with van der Waals surface area (Å²) in [6.07, 6.45) is -0.663. The maximum absolute atomic E-state index is 13.7. The third kappa shape index (κ3) is 3.78. The van der Waals surface area contributed by atoms with Crippen molar-refractivity contribution in [3.8, 4) is 11.8 Å². The van der Waals surface area contributed by atoms with Gasteiger partial charge in [0.25, 0.3) is 5.91 Å². The second-order valence-electron chi connectivity index (χ2n) is 4.12. The Labute approximate surface area is 116 Å². The second kappa shape index (κ2) is 7.01. The number of nitrogens with one attached hydrogen (secondary N) is 1. The molecule has 1 aliphatic heterocycles. The first-order chi connectivity index (χ1) is 9.70. The third-order valence-electron chi connectivity index (χ3n) is 2.67. The van der Waals surface area contributed by atoms with Gasteiger partial charge in [-0.25, -0.2) is 4.39 Å². The van der Waals surface area contributed by atoms with Gasteiger partial charge in [0.1, 0.15) is 5.82 Å². The van der Waals surface area contributed by atoms with Crippen LogP contribution in [0.1, 0.15) is 5.56 Å². The van der Waals surface area contributed by atoms with E-state index in [0.29, 0.717) is 18.9 Å². The fourth-order valence-corrected chi connectivity index (χ4v) is 1.70. The van der Waals surface area contributed by atoms with Gasteiger partial charge in [0, 0.05) is 5.69 Å². The van der Waals surface area contributed by atoms with E-state index in [2.05, 4.69) is 17.2 Å². The highest BCUT2D eigenvalue weighted by atomic mass is 19.1. The molecule has 1 unspecified atom stereocenters. The Hall–Kier alpha value is -1.94. The van der Waals surface area contributed by atoms with E-state index in [1.807, 2.05) is 0 Å². The predicted molar refractivity (Wildman–Crippen MR) is 71.5 cm³/mol. The Morgan fingerprint density at radius 3 is 3.00 bits per heavy atom. The summed E-state index contributed by atoms with van der Waals surface area (Å²) in [5.74, 6) is 4.31. The molecular formula is C14H15FN2O3. The molecular weight excluding hydrogens is 263 g/mol. The summed E-state index contributed by atoms with van der Waals surface area (Å²) in [5, 5.41) is 2.58. The molecule has 1 atom stereocenters. The van der Waals surface area contributed by atoms with E-state index in [9.17, 15) is 9.18 Å². The number of nitrogens with two attached hydrogens (primary N) is 1. The van der Waals surface area contributed by atoms with Gasteiger partial charge in [-0.15, -0.1) is 0 Å². The largest absolute Gasteiger partial charge is 0.376 e. The highest BCUT2D eigenvalue weighted by molar-refractivity contribution is 5.94. The molecule has 0 aliphatic carbocycles. The van der Waals surface area contributed by atoms with Gasteiger partial charge in [0.05, 0.1) is 31.9 Å². The number of carbonyl (C=O) groups excluding carboxylic acids is 1. The first kappa shape index (κ1) is 14.5. The molecule has 6 heteroatoms. The molecule has 2 rings (SSSR count). The molecule has 1 saturated heterocycles. The molecule has 0 bridgehead atoms. The Bertz CT molecular complexity index is 545. The van der Waals surface area contributed by atoms with Crippen LogP contribution in [0.25, 0.3) is 0 Å². The minimum Gasteiger partial charge on any atom is -0.376 e. The van der Waals surface area contributed by atoms with Gasteiger partial charge in [0.2, 0.25) is 0 Å². The van der Waals surface area contributed by atoms with Crippen molar-refractivity contribution in [1.82, 2.24) is 0 Å². The quantitative estimate of drug-likeness (QED) is 0.772. The fraction of sp³-hybridized carbons (Fsp3) is 0.357. The number of hydrogen-bond acceptors (Lipinski definition) is 4. The van der Waals surface area contributed by atoms with E-state index in [4.69, 9.17) is 15.2 Å². The maximum Gasteiger partial charge on any atom is 0.255 e. The van der Waals surface area contributed by atoms with Crippen molar-refractivity contribution < 1.29 is 18.7 Å². The molecule has 1 fully saturated rings. The maximum atomic E-state index is 13.7. The highest BCUT2D eigenvalue weighted by Gasteiger charge is 2.22. The molecule has 1 aromatic carbocycles. The van der Waals surface area contributed by atoms with Crippen molar-refractivity contribution in [3.05, 3.63) is 29.6 Å². The molecule has 5 nitrogen and oxygen atoms in total. The monoisotopic (exact) mass is 278 g/mol. The molecule has 0 aromatic heterocycles. The number of benzene rings is 1. The second-order valence-corrected chi connectivity index (χ2v) is 4.12.